The maximum atomic E-state index is 13.1. The van der Waals surface area contributed by atoms with Crippen molar-refractivity contribution >= 4 is 45.3 Å². The average molecular weight is 408 g/mol. The highest BCUT2D eigenvalue weighted by molar-refractivity contribution is 6.64. The van der Waals surface area contributed by atoms with E-state index in [1.807, 2.05) is 25.1 Å². The van der Waals surface area contributed by atoms with Gasteiger partial charge in [-0.3, -0.25) is 4.57 Å². The van der Waals surface area contributed by atoms with Crippen LogP contribution in [0.25, 0.3) is 10.9 Å². The number of amides is 1. The number of aromatic nitrogens is 1. The Morgan fingerprint density at radius 1 is 1.30 bits per heavy atom. The number of rotatable bonds is 7. The first kappa shape index (κ1) is 21.5. The fraction of sp³-hybridized carbons (Fsp3) is 0.429. The van der Waals surface area contributed by atoms with Crippen molar-refractivity contribution in [2.24, 2.45) is 4.99 Å². The maximum absolute atomic E-state index is 13.1. The lowest BCUT2D eigenvalue weighted by Crippen LogP contribution is -2.31. The molecule has 0 atom stereocenters. The number of fused-ring (bicyclic) bond motifs is 1. The highest BCUT2D eigenvalue weighted by atomic mass is 35.5. The van der Waals surface area contributed by atoms with Crippen LogP contribution in [0.4, 0.5) is 4.79 Å². The first-order chi connectivity index (χ1) is 12.9. The largest absolute Gasteiger partial charge is 0.334 e. The third-order valence-electron chi connectivity index (χ3n) is 4.54. The van der Waals surface area contributed by atoms with Gasteiger partial charge in [0, 0.05) is 23.8 Å². The van der Waals surface area contributed by atoms with E-state index in [4.69, 9.17) is 23.2 Å². The van der Waals surface area contributed by atoms with Crippen LogP contribution in [0.5, 0.6) is 0 Å². The Morgan fingerprint density at radius 2 is 2.04 bits per heavy atom. The van der Waals surface area contributed by atoms with Crippen molar-refractivity contribution in [3.63, 3.8) is 0 Å². The molecule has 1 N–H and O–H groups in total. The number of nitrogens with zero attached hydrogens (tertiary/aromatic N) is 2. The SMILES string of the molecule is CCCc1c(CC)c2cccc(Cl)c2n1C(=O)NC/C(=C/N=C(C)Cl)CC. The predicted molar refractivity (Wildman–Crippen MR) is 116 cm³/mol. The molecule has 0 unspecified atom stereocenters. The summed E-state index contributed by atoms with van der Waals surface area (Å²) in [5.74, 6) is 0. The van der Waals surface area contributed by atoms with Crippen LogP contribution in [0.15, 0.2) is 35.0 Å². The summed E-state index contributed by atoms with van der Waals surface area (Å²) >= 11 is 12.3. The lowest BCUT2D eigenvalue weighted by molar-refractivity contribution is 0.243. The van der Waals surface area contributed by atoms with Gasteiger partial charge in [0.15, 0.2) is 0 Å². The van der Waals surface area contributed by atoms with Gasteiger partial charge in [-0.2, -0.15) is 0 Å². The van der Waals surface area contributed by atoms with Crippen molar-refractivity contribution in [3.8, 4) is 0 Å². The molecule has 0 aliphatic heterocycles. The van der Waals surface area contributed by atoms with Gasteiger partial charge in [-0.05, 0) is 43.4 Å². The zero-order valence-corrected chi connectivity index (χ0v) is 17.9. The number of benzene rings is 1. The Kier molecular flexibility index (Phi) is 7.93. The van der Waals surface area contributed by atoms with Crippen LogP contribution in [0.3, 0.4) is 0 Å². The van der Waals surface area contributed by atoms with Gasteiger partial charge in [0.05, 0.1) is 10.5 Å². The highest BCUT2D eigenvalue weighted by Gasteiger charge is 2.21. The molecule has 1 heterocycles. The summed E-state index contributed by atoms with van der Waals surface area (Å²) in [5.41, 5.74) is 4.02. The van der Waals surface area contributed by atoms with Gasteiger partial charge < -0.3 is 5.32 Å². The maximum Gasteiger partial charge on any atom is 0.326 e. The second-order valence-corrected chi connectivity index (χ2v) is 7.38. The molecule has 146 valence electrons. The molecule has 1 aromatic carbocycles. The molecular weight excluding hydrogens is 381 g/mol. The molecule has 6 heteroatoms. The fourth-order valence-electron chi connectivity index (χ4n) is 3.24. The van der Waals surface area contributed by atoms with Crippen LogP contribution in [-0.2, 0) is 12.8 Å². The molecule has 0 aliphatic carbocycles. The number of hydrogen-bond acceptors (Lipinski definition) is 2. The zero-order chi connectivity index (χ0) is 20.0. The monoisotopic (exact) mass is 407 g/mol. The van der Waals surface area contributed by atoms with Crippen LogP contribution < -0.4 is 5.32 Å². The number of halogens is 2. The molecule has 0 spiro atoms. The summed E-state index contributed by atoms with van der Waals surface area (Å²) in [6, 6.07) is 5.64. The minimum atomic E-state index is -0.165. The molecule has 1 aromatic heterocycles. The minimum absolute atomic E-state index is 0.165. The van der Waals surface area contributed by atoms with Crippen LogP contribution in [0.2, 0.25) is 5.02 Å². The van der Waals surface area contributed by atoms with Crippen LogP contribution in [0, 0.1) is 0 Å². The lowest BCUT2D eigenvalue weighted by atomic mass is 10.1. The summed E-state index contributed by atoms with van der Waals surface area (Å²) in [6.45, 7) is 8.39. The number of para-hydroxylation sites is 1. The van der Waals surface area contributed by atoms with Crippen LogP contribution in [0.1, 0.15) is 51.8 Å². The number of aryl methyl sites for hydroxylation is 1. The van der Waals surface area contributed by atoms with Crippen molar-refractivity contribution < 1.29 is 4.79 Å². The van der Waals surface area contributed by atoms with E-state index in [0.717, 1.165) is 47.9 Å². The van der Waals surface area contributed by atoms with Gasteiger partial charge in [-0.15, -0.1) is 0 Å². The van der Waals surface area contributed by atoms with Gasteiger partial charge in [-0.25, -0.2) is 9.79 Å². The van der Waals surface area contributed by atoms with E-state index in [0.29, 0.717) is 16.7 Å². The number of hydrogen-bond donors (Lipinski definition) is 1. The van der Waals surface area contributed by atoms with E-state index in [-0.39, 0.29) is 6.03 Å². The van der Waals surface area contributed by atoms with E-state index in [1.54, 1.807) is 17.7 Å². The summed E-state index contributed by atoms with van der Waals surface area (Å²) in [5, 5.41) is 5.12. The Hall–Kier alpha value is -1.78. The molecule has 0 saturated carbocycles. The van der Waals surface area contributed by atoms with Gasteiger partial charge in [0.25, 0.3) is 0 Å². The van der Waals surface area contributed by atoms with Gasteiger partial charge in [-0.1, -0.05) is 62.5 Å². The Labute approximate surface area is 171 Å². The lowest BCUT2D eigenvalue weighted by Gasteiger charge is -2.13. The topological polar surface area (TPSA) is 46.4 Å². The average Bonchev–Trinajstić information content (AvgIpc) is 2.96. The standard InChI is InChI=1S/C21H27Cl2N3O/c1-5-9-19-16(7-3)17-10-8-11-18(23)20(17)26(19)21(27)25-13-15(6-2)12-24-14(4)22/h8,10-12H,5-7,9,13H2,1-4H3,(H,25,27)/b15-12+,24-14?. The second kappa shape index (κ2) is 9.95. The van der Waals surface area contributed by atoms with Crippen molar-refractivity contribution in [2.75, 3.05) is 6.54 Å². The van der Waals surface area contributed by atoms with Crippen molar-refractivity contribution in [1.82, 2.24) is 9.88 Å². The van der Waals surface area contributed by atoms with Crippen molar-refractivity contribution in [2.45, 2.75) is 53.4 Å². The normalized spacial score (nSPS) is 12.7. The minimum Gasteiger partial charge on any atom is -0.334 e. The van der Waals surface area contributed by atoms with Crippen molar-refractivity contribution in [3.05, 3.63) is 46.3 Å². The number of carbonyl (C=O) groups is 1. The van der Waals surface area contributed by atoms with E-state index in [2.05, 4.69) is 24.2 Å². The number of nitrogens with one attached hydrogen (secondary N) is 1. The van der Waals surface area contributed by atoms with Crippen LogP contribution in [-0.4, -0.2) is 22.3 Å². The van der Waals surface area contributed by atoms with E-state index in [1.165, 1.54) is 5.56 Å². The summed E-state index contributed by atoms with van der Waals surface area (Å²) < 4.78 is 1.75. The molecule has 0 bridgehead atoms. The molecule has 2 rings (SSSR count). The molecular formula is C21H27Cl2N3O. The van der Waals surface area contributed by atoms with Crippen LogP contribution >= 0.6 is 23.2 Å². The van der Waals surface area contributed by atoms with E-state index < -0.39 is 0 Å². The van der Waals surface area contributed by atoms with Gasteiger partial charge >= 0.3 is 6.03 Å². The molecule has 0 fully saturated rings. The Bertz CT molecular complexity index is 877. The third kappa shape index (κ3) is 4.94. The summed E-state index contributed by atoms with van der Waals surface area (Å²) in [6.07, 6.45) is 5.14. The van der Waals surface area contributed by atoms with E-state index in [9.17, 15) is 4.79 Å². The molecule has 1 amide bonds. The Morgan fingerprint density at radius 3 is 2.63 bits per heavy atom. The molecule has 4 nitrogen and oxygen atoms in total. The number of aliphatic imine (C=N–C) groups is 1. The predicted octanol–water partition coefficient (Wildman–Crippen LogP) is 6.32. The van der Waals surface area contributed by atoms with Gasteiger partial charge in [0.1, 0.15) is 5.17 Å². The van der Waals surface area contributed by atoms with E-state index >= 15 is 0 Å². The highest BCUT2D eigenvalue weighted by Crippen LogP contribution is 2.32. The smallest absolute Gasteiger partial charge is 0.326 e. The molecule has 0 saturated heterocycles. The molecule has 27 heavy (non-hydrogen) atoms. The molecule has 0 aliphatic rings. The first-order valence-electron chi connectivity index (χ1n) is 9.41. The first-order valence-corrected chi connectivity index (χ1v) is 10.2. The quantitative estimate of drug-likeness (QED) is 0.536. The third-order valence-corrected chi connectivity index (χ3v) is 4.95. The van der Waals surface area contributed by atoms with Crippen molar-refractivity contribution in [1.29, 1.82) is 0 Å². The molecule has 0 radical (unpaired) electrons. The summed E-state index contributed by atoms with van der Waals surface area (Å²) in [4.78, 5) is 17.2. The summed E-state index contributed by atoms with van der Waals surface area (Å²) in [7, 11) is 0. The zero-order valence-electron chi connectivity index (χ0n) is 16.4. The molecule has 2 aromatic rings. The second-order valence-electron chi connectivity index (χ2n) is 6.43. The number of carbonyl (C=O) groups excluding carboxylic acids is 1. The Balaban J connectivity index is 2.44. The fourth-order valence-corrected chi connectivity index (χ4v) is 3.55. The van der Waals surface area contributed by atoms with Gasteiger partial charge in [0.2, 0.25) is 0 Å².